The van der Waals surface area contributed by atoms with E-state index >= 15 is 0 Å². The molecule has 124 valence electrons. The third kappa shape index (κ3) is 3.58. The lowest BCUT2D eigenvalue weighted by Crippen LogP contribution is -2.42. The molecule has 1 N–H and O–H groups in total. The number of rotatable bonds is 4. The van der Waals surface area contributed by atoms with Crippen molar-refractivity contribution in [1.29, 1.82) is 0 Å². The third-order valence-electron chi connectivity index (χ3n) is 3.96. The summed E-state index contributed by atoms with van der Waals surface area (Å²) in [4.78, 5) is 18.6. The number of amides is 1. The van der Waals surface area contributed by atoms with Crippen molar-refractivity contribution in [2.75, 3.05) is 19.7 Å². The van der Waals surface area contributed by atoms with Gasteiger partial charge in [0.1, 0.15) is 11.9 Å². The highest BCUT2D eigenvalue weighted by molar-refractivity contribution is 5.76. The second-order valence-electron chi connectivity index (χ2n) is 5.88. The van der Waals surface area contributed by atoms with E-state index in [0.717, 1.165) is 17.2 Å². The Kier molecular flexibility index (Phi) is 4.42. The van der Waals surface area contributed by atoms with Gasteiger partial charge in [0.25, 0.3) is 0 Å². The van der Waals surface area contributed by atoms with E-state index < -0.39 is 0 Å². The minimum Gasteiger partial charge on any atom is -0.366 e. The monoisotopic (exact) mass is 318 g/mol. The quantitative estimate of drug-likeness (QED) is 0.905. The number of ether oxygens (including phenoxy) is 1. The lowest BCUT2D eigenvalue weighted by molar-refractivity contribution is -0.139. The molecule has 1 aliphatic heterocycles. The van der Waals surface area contributed by atoms with E-state index in [4.69, 9.17) is 4.74 Å². The number of carbonyl (C=O) groups is 1. The molecule has 2 aromatic rings. The van der Waals surface area contributed by atoms with Crippen LogP contribution in [0.2, 0.25) is 0 Å². The van der Waals surface area contributed by atoms with Gasteiger partial charge in [-0.05, 0) is 26.8 Å². The Morgan fingerprint density at radius 2 is 2.26 bits per heavy atom. The zero-order valence-electron chi connectivity index (χ0n) is 13.7. The van der Waals surface area contributed by atoms with E-state index in [2.05, 4.69) is 20.3 Å². The van der Waals surface area contributed by atoms with Crippen LogP contribution in [0.5, 0.6) is 0 Å². The molecule has 0 unspecified atom stereocenters. The van der Waals surface area contributed by atoms with E-state index in [1.165, 1.54) is 0 Å². The summed E-state index contributed by atoms with van der Waals surface area (Å²) < 4.78 is 7.57. The standard InChI is InChI=1S/C15H22N6O2/c1-10-8-11(2)21(19-10)5-4-14(22)20-6-7-23-13(9-20)15-16-12(3)17-18-15/h8,13H,4-7,9H2,1-3H3,(H,16,17,18)/t13-/m0/s1. The van der Waals surface area contributed by atoms with E-state index in [9.17, 15) is 4.79 Å². The van der Waals surface area contributed by atoms with Crippen LogP contribution in [0.1, 0.15) is 35.6 Å². The smallest absolute Gasteiger partial charge is 0.224 e. The number of nitrogens with one attached hydrogen (secondary N) is 1. The predicted octanol–water partition coefficient (Wildman–Crippen LogP) is 0.917. The fourth-order valence-electron chi connectivity index (χ4n) is 2.80. The summed E-state index contributed by atoms with van der Waals surface area (Å²) in [7, 11) is 0. The van der Waals surface area contributed by atoms with Crippen molar-refractivity contribution >= 4 is 5.91 Å². The molecule has 23 heavy (non-hydrogen) atoms. The van der Waals surface area contributed by atoms with Gasteiger partial charge >= 0.3 is 0 Å². The van der Waals surface area contributed by atoms with Crippen molar-refractivity contribution in [3.8, 4) is 0 Å². The van der Waals surface area contributed by atoms with Gasteiger partial charge in [-0.1, -0.05) is 0 Å². The summed E-state index contributed by atoms with van der Waals surface area (Å²) in [5, 5.41) is 11.3. The van der Waals surface area contributed by atoms with E-state index in [-0.39, 0.29) is 12.0 Å². The Morgan fingerprint density at radius 1 is 1.43 bits per heavy atom. The topological polar surface area (TPSA) is 88.9 Å². The molecule has 0 aromatic carbocycles. The fraction of sp³-hybridized carbons (Fsp3) is 0.600. The molecule has 2 aromatic heterocycles. The lowest BCUT2D eigenvalue weighted by atomic mass is 10.2. The first-order valence-electron chi connectivity index (χ1n) is 7.82. The molecule has 1 atom stereocenters. The van der Waals surface area contributed by atoms with Crippen LogP contribution in [-0.4, -0.2) is 55.5 Å². The molecular formula is C15H22N6O2. The fourth-order valence-corrected chi connectivity index (χ4v) is 2.80. The summed E-state index contributed by atoms with van der Waals surface area (Å²) in [6.07, 6.45) is 0.174. The van der Waals surface area contributed by atoms with Gasteiger partial charge in [0, 0.05) is 25.2 Å². The average molecular weight is 318 g/mol. The minimum atomic E-state index is -0.258. The van der Waals surface area contributed by atoms with Crippen molar-refractivity contribution < 1.29 is 9.53 Å². The van der Waals surface area contributed by atoms with Crippen molar-refractivity contribution in [3.05, 3.63) is 29.1 Å². The van der Waals surface area contributed by atoms with Crippen LogP contribution in [0.3, 0.4) is 0 Å². The highest BCUT2D eigenvalue weighted by Crippen LogP contribution is 2.19. The van der Waals surface area contributed by atoms with Gasteiger partial charge in [0.2, 0.25) is 5.91 Å². The first-order chi connectivity index (χ1) is 11.0. The largest absolute Gasteiger partial charge is 0.366 e. The van der Waals surface area contributed by atoms with Crippen molar-refractivity contribution in [2.45, 2.75) is 39.8 Å². The van der Waals surface area contributed by atoms with E-state index in [1.807, 2.05) is 36.4 Å². The number of hydrogen-bond acceptors (Lipinski definition) is 5. The summed E-state index contributed by atoms with van der Waals surface area (Å²) >= 11 is 0. The maximum atomic E-state index is 12.5. The molecule has 0 radical (unpaired) electrons. The van der Waals surface area contributed by atoms with Crippen LogP contribution < -0.4 is 0 Å². The Morgan fingerprint density at radius 3 is 2.91 bits per heavy atom. The first kappa shape index (κ1) is 15.7. The number of H-pyrrole nitrogens is 1. The summed E-state index contributed by atoms with van der Waals surface area (Å²) in [6, 6.07) is 2.01. The molecular weight excluding hydrogens is 296 g/mol. The zero-order valence-corrected chi connectivity index (χ0v) is 13.7. The van der Waals surface area contributed by atoms with Crippen molar-refractivity contribution in [1.82, 2.24) is 29.9 Å². The molecule has 1 aliphatic rings. The van der Waals surface area contributed by atoms with Gasteiger partial charge < -0.3 is 9.64 Å². The molecule has 1 fully saturated rings. The number of aromatic nitrogens is 5. The van der Waals surface area contributed by atoms with Gasteiger partial charge in [0.05, 0.1) is 18.8 Å². The SMILES string of the molecule is Cc1cc(C)n(CCC(=O)N2CCO[C@H](c3n[nH]c(C)n3)C2)n1. The van der Waals surface area contributed by atoms with E-state index in [0.29, 0.717) is 38.5 Å². The molecule has 0 spiro atoms. The maximum Gasteiger partial charge on any atom is 0.224 e. The highest BCUT2D eigenvalue weighted by atomic mass is 16.5. The molecule has 3 rings (SSSR count). The van der Waals surface area contributed by atoms with Gasteiger partial charge in [-0.3, -0.25) is 14.6 Å². The van der Waals surface area contributed by atoms with E-state index in [1.54, 1.807) is 0 Å². The minimum absolute atomic E-state index is 0.109. The predicted molar refractivity (Wildman–Crippen MR) is 82.7 cm³/mol. The number of hydrogen-bond donors (Lipinski definition) is 1. The Balaban J connectivity index is 1.57. The molecule has 8 nitrogen and oxygen atoms in total. The van der Waals surface area contributed by atoms with Gasteiger partial charge in [0.15, 0.2) is 5.82 Å². The second kappa shape index (κ2) is 6.49. The maximum absolute atomic E-state index is 12.5. The number of aryl methyl sites for hydroxylation is 4. The summed E-state index contributed by atoms with van der Waals surface area (Å²) in [6.45, 7) is 8.00. The Labute approximate surface area is 134 Å². The van der Waals surface area contributed by atoms with Crippen LogP contribution in [0.25, 0.3) is 0 Å². The van der Waals surface area contributed by atoms with Crippen LogP contribution in [0.4, 0.5) is 0 Å². The zero-order chi connectivity index (χ0) is 16.4. The first-order valence-corrected chi connectivity index (χ1v) is 7.82. The van der Waals surface area contributed by atoms with Crippen molar-refractivity contribution in [2.24, 2.45) is 0 Å². The molecule has 8 heteroatoms. The number of aromatic amines is 1. The van der Waals surface area contributed by atoms with Crippen LogP contribution >= 0.6 is 0 Å². The van der Waals surface area contributed by atoms with Gasteiger partial charge in [-0.25, -0.2) is 4.98 Å². The third-order valence-corrected chi connectivity index (χ3v) is 3.96. The highest BCUT2D eigenvalue weighted by Gasteiger charge is 2.27. The Bertz CT molecular complexity index is 692. The number of nitrogens with zero attached hydrogens (tertiary/aromatic N) is 5. The second-order valence-corrected chi connectivity index (χ2v) is 5.88. The lowest BCUT2D eigenvalue weighted by Gasteiger charge is -2.31. The molecule has 1 saturated heterocycles. The Hall–Kier alpha value is -2.22. The van der Waals surface area contributed by atoms with Crippen LogP contribution in [-0.2, 0) is 16.1 Å². The molecule has 0 bridgehead atoms. The van der Waals surface area contributed by atoms with Crippen LogP contribution in [0, 0.1) is 20.8 Å². The van der Waals surface area contributed by atoms with Crippen molar-refractivity contribution in [3.63, 3.8) is 0 Å². The van der Waals surface area contributed by atoms with Crippen LogP contribution in [0.15, 0.2) is 6.07 Å². The molecule has 3 heterocycles. The summed E-state index contributed by atoms with van der Waals surface area (Å²) in [5.74, 6) is 1.47. The average Bonchev–Trinajstić information content (AvgIpc) is 3.10. The normalized spacial score (nSPS) is 18.4. The number of carbonyl (C=O) groups excluding carboxylic acids is 1. The van der Waals surface area contributed by atoms with Gasteiger partial charge in [-0.2, -0.15) is 10.2 Å². The molecule has 0 saturated carbocycles. The number of morpholine rings is 1. The molecule has 0 aliphatic carbocycles. The molecule has 1 amide bonds. The van der Waals surface area contributed by atoms with Gasteiger partial charge in [-0.15, -0.1) is 0 Å². The summed E-state index contributed by atoms with van der Waals surface area (Å²) in [5.41, 5.74) is 2.05.